The number of ether oxygens (including phenoxy) is 1. The van der Waals surface area contributed by atoms with Crippen molar-refractivity contribution in [1.29, 1.82) is 0 Å². The molecule has 0 spiro atoms. The molecule has 0 heterocycles. The highest BCUT2D eigenvalue weighted by Gasteiger charge is 2.30. The fourth-order valence-corrected chi connectivity index (χ4v) is 1.76. The van der Waals surface area contributed by atoms with Crippen molar-refractivity contribution in [3.05, 3.63) is 65.5 Å². The van der Waals surface area contributed by atoms with Crippen LogP contribution in [-0.2, 0) is 15.7 Å². The zero-order chi connectivity index (χ0) is 17.7. The highest BCUT2D eigenvalue weighted by atomic mass is 19.4. The minimum absolute atomic E-state index is 0.0759. The van der Waals surface area contributed by atoms with Crippen LogP contribution in [0.3, 0.4) is 0 Å². The molecule has 0 fully saturated rings. The first kappa shape index (κ1) is 17.5. The van der Waals surface area contributed by atoms with Gasteiger partial charge in [0, 0.05) is 0 Å². The lowest BCUT2D eigenvalue weighted by Gasteiger charge is -2.09. The first-order valence-electron chi connectivity index (χ1n) is 6.66. The van der Waals surface area contributed by atoms with Gasteiger partial charge in [-0.2, -0.15) is 13.2 Å². The third-order valence-electron chi connectivity index (χ3n) is 2.93. The summed E-state index contributed by atoms with van der Waals surface area (Å²) < 4.78 is 55.2. The van der Waals surface area contributed by atoms with E-state index in [-0.39, 0.29) is 11.3 Å². The van der Waals surface area contributed by atoms with E-state index in [0.29, 0.717) is 0 Å². The molecule has 0 atom stereocenters. The van der Waals surface area contributed by atoms with Gasteiger partial charge in [-0.25, -0.2) is 9.18 Å². The summed E-state index contributed by atoms with van der Waals surface area (Å²) in [6.07, 6.45) is -4.51. The first-order valence-corrected chi connectivity index (χ1v) is 6.66. The normalized spacial score (nSPS) is 11.0. The van der Waals surface area contributed by atoms with Gasteiger partial charge >= 0.3 is 12.1 Å². The van der Waals surface area contributed by atoms with Crippen molar-refractivity contribution in [3.8, 4) is 0 Å². The van der Waals surface area contributed by atoms with Gasteiger partial charge < -0.3 is 10.1 Å². The minimum Gasteiger partial charge on any atom is -0.452 e. The predicted octanol–water partition coefficient (Wildman–Crippen LogP) is 3.64. The molecule has 0 saturated heterocycles. The maximum absolute atomic E-state index is 13.3. The Morgan fingerprint density at radius 3 is 2.21 bits per heavy atom. The van der Waals surface area contributed by atoms with E-state index in [9.17, 15) is 27.2 Å². The van der Waals surface area contributed by atoms with Crippen LogP contribution < -0.4 is 5.32 Å². The Morgan fingerprint density at radius 1 is 1.00 bits per heavy atom. The minimum atomic E-state index is -4.51. The molecule has 0 bridgehead atoms. The molecule has 1 N–H and O–H groups in total. The van der Waals surface area contributed by atoms with E-state index in [0.717, 1.165) is 30.3 Å². The van der Waals surface area contributed by atoms with Crippen molar-refractivity contribution in [2.24, 2.45) is 0 Å². The fourth-order valence-electron chi connectivity index (χ4n) is 1.76. The van der Waals surface area contributed by atoms with E-state index >= 15 is 0 Å². The van der Waals surface area contributed by atoms with Crippen LogP contribution >= 0.6 is 0 Å². The van der Waals surface area contributed by atoms with Crippen molar-refractivity contribution in [2.45, 2.75) is 6.18 Å². The quantitative estimate of drug-likeness (QED) is 0.682. The molecule has 0 aliphatic carbocycles. The molecule has 0 aromatic heterocycles. The lowest BCUT2D eigenvalue weighted by atomic mass is 10.1. The number of hydrogen-bond donors (Lipinski definition) is 1. The molecular formula is C16H11F4NO3. The SMILES string of the molecule is O=C(COC(=O)c1ccc(C(F)(F)F)cc1)Nc1ccccc1F. The Balaban J connectivity index is 1.91. The van der Waals surface area contributed by atoms with E-state index < -0.39 is 36.0 Å². The van der Waals surface area contributed by atoms with Crippen LogP contribution in [0, 0.1) is 5.82 Å². The number of nitrogens with one attached hydrogen (secondary N) is 1. The molecule has 0 aliphatic heterocycles. The zero-order valence-corrected chi connectivity index (χ0v) is 12.1. The van der Waals surface area contributed by atoms with Gasteiger partial charge in [0.05, 0.1) is 16.8 Å². The van der Waals surface area contributed by atoms with Crippen molar-refractivity contribution < 1.29 is 31.9 Å². The van der Waals surface area contributed by atoms with E-state index in [1.807, 2.05) is 0 Å². The van der Waals surface area contributed by atoms with Crippen LogP contribution in [0.1, 0.15) is 15.9 Å². The van der Waals surface area contributed by atoms with Crippen molar-refractivity contribution in [2.75, 3.05) is 11.9 Å². The molecule has 24 heavy (non-hydrogen) atoms. The maximum atomic E-state index is 13.3. The monoisotopic (exact) mass is 341 g/mol. The van der Waals surface area contributed by atoms with Gasteiger partial charge in [0.15, 0.2) is 6.61 Å². The van der Waals surface area contributed by atoms with Crippen LogP contribution in [0.25, 0.3) is 0 Å². The summed E-state index contributed by atoms with van der Waals surface area (Å²) >= 11 is 0. The lowest BCUT2D eigenvalue weighted by Crippen LogP contribution is -2.21. The lowest BCUT2D eigenvalue weighted by molar-refractivity contribution is -0.137. The fraction of sp³-hybridized carbons (Fsp3) is 0.125. The molecule has 4 nitrogen and oxygen atoms in total. The van der Waals surface area contributed by atoms with E-state index in [1.54, 1.807) is 0 Å². The van der Waals surface area contributed by atoms with Crippen LogP contribution in [0.4, 0.5) is 23.2 Å². The molecule has 2 aromatic carbocycles. The summed E-state index contributed by atoms with van der Waals surface area (Å²) in [5.74, 6) is -2.40. The molecule has 0 unspecified atom stereocenters. The smallest absolute Gasteiger partial charge is 0.416 e. The average molecular weight is 341 g/mol. The van der Waals surface area contributed by atoms with Crippen LogP contribution in [0.15, 0.2) is 48.5 Å². The first-order chi connectivity index (χ1) is 11.3. The van der Waals surface area contributed by atoms with Gasteiger partial charge in [0.2, 0.25) is 0 Å². The second-order valence-electron chi connectivity index (χ2n) is 4.68. The number of benzene rings is 2. The van der Waals surface area contributed by atoms with E-state index in [4.69, 9.17) is 0 Å². The molecule has 2 rings (SSSR count). The number of halogens is 4. The summed E-state index contributed by atoms with van der Waals surface area (Å²) in [7, 11) is 0. The number of carbonyl (C=O) groups is 2. The molecule has 0 aliphatic rings. The highest BCUT2D eigenvalue weighted by molar-refractivity contribution is 5.95. The number of anilines is 1. The maximum Gasteiger partial charge on any atom is 0.416 e. The van der Waals surface area contributed by atoms with Crippen molar-refractivity contribution in [3.63, 3.8) is 0 Å². The standard InChI is InChI=1S/C16H11F4NO3/c17-12-3-1-2-4-13(12)21-14(22)9-24-15(23)10-5-7-11(8-6-10)16(18,19)20/h1-8H,9H2,(H,21,22). The average Bonchev–Trinajstić information content (AvgIpc) is 2.54. The molecule has 8 heteroatoms. The number of alkyl halides is 3. The van der Waals surface area contributed by atoms with Gasteiger partial charge in [0.1, 0.15) is 5.82 Å². The largest absolute Gasteiger partial charge is 0.452 e. The molecule has 2 aromatic rings. The highest BCUT2D eigenvalue weighted by Crippen LogP contribution is 2.29. The number of para-hydroxylation sites is 1. The predicted molar refractivity (Wildman–Crippen MR) is 76.8 cm³/mol. The van der Waals surface area contributed by atoms with Gasteiger partial charge in [-0.15, -0.1) is 0 Å². The van der Waals surface area contributed by atoms with Crippen molar-refractivity contribution in [1.82, 2.24) is 0 Å². The summed E-state index contributed by atoms with van der Waals surface area (Å²) in [4.78, 5) is 23.3. The number of esters is 1. The number of rotatable bonds is 4. The van der Waals surface area contributed by atoms with Gasteiger partial charge in [-0.1, -0.05) is 12.1 Å². The Morgan fingerprint density at radius 2 is 1.62 bits per heavy atom. The zero-order valence-electron chi connectivity index (χ0n) is 12.1. The number of amides is 1. The number of hydrogen-bond acceptors (Lipinski definition) is 3. The topological polar surface area (TPSA) is 55.4 Å². The summed E-state index contributed by atoms with van der Waals surface area (Å²) in [5.41, 5.74) is -1.12. The summed E-state index contributed by atoms with van der Waals surface area (Å²) in [5, 5.41) is 2.21. The van der Waals surface area contributed by atoms with E-state index in [2.05, 4.69) is 10.1 Å². The summed E-state index contributed by atoms with van der Waals surface area (Å²) in [6, 6.07) is 8.77. The molecule has 0 radical (unpaired) electrons. The summed E-state index contributed by atoms with van der Waals surface area (Å²) in [6.45, 7) is -0.700. The van der Waals surface area contributed by atoms with Crippen LogP contribution in [-0.4, -0.2) is 18.5 Å². The van der Waals surface area contributed by atoms with Gasteiger partial charge in [-0.3, -0.25) is 4.79 Å². The Bertz CT molecular complexity index is 742. The van der Waals surface area contributed by atoms with Crippen LogP contribution in [0.2, 0.25) is 0 Å². The van der Waals surface area contributed by atoms with Crippen molar-refractivity contribution >= 4 is 17.6 Å². The molecular weight excluding hydrogens is 330 g/mol. The third kappa shape index (κ3) is 4.55. The van der Waals surface area contributed by atoms with Gasteiger partial charge in [-0.05, 0) is 36.4 Å². The van der Waals surface area contributed by atoms with Crippen LogP contribution in [0.5, 0.6) is 0 Å². The van der Waals surface area contributed by atoms with Gasteiger partial charge in [0.25, 0.3) is 5.91 Å². The Hall–Kier alpha value is -2.90. The number of carbonyl (C=O) groups excluding carboxylic acids is 2. The second kappa shape index (κ2) is 7.12. The molecule has 0 saturated carbocycles. The third-order valence-corrected chi connectivity index (χ3v) is 2.93. The Labute approximate surface area is 134 Å². The molecule has 126 valence electrons. The molecule has 1 amide bonds. The van der Waals surface area contributed by atoms with E-state index in [1.165, 1.54) is 18.2 Å². The Kier molecular flexibility index (Phi) is 5.18. The second-order valence-corrected chi connectivity index (χ2v) is 4.68.